The molecule has 178 valence electrons. The van der Waals surface area contributed by atoms with E-state index < -0.39 is 10.0 Å². The van der Waals surface area contributed by atoms with Gasteiger partial charge in [-0.15, -0.1) is 0 Å². The minimum Gasteiger partial charge on any atom is -0.497 e. The highest BCUT2D eigenvalue weighted by Gasteiger charge is 2.21. The van der Waals surface area contributed by atoms with Gasteiger partial charge in [-0.1, -0.05) is 24.3 Å². The SMILES string of the molecule is COc1ccc(N(CCCC(=O)NCc2ccccc2CN2CCCC2=O)S(C)(=O)=O)cc1. The molecule has 1 aliphatic heterocycles. The second kappa shape index (κ2) is 11.2. The molecule has 0 spiro atoms. The molecular weight excluding hydrogens is 442 g/mol. The molecule has 0 atom stereocenters. The molecule has 9 heteroatoms. The van der Waals surface area contributed by atoms with Crippen LogP contribution in [0.2, 0.25) is 0 Å². The van der Waals surface area contributed by atoms with Gasteiger partial charge in [0.05, 0.1) is 19.1 Å². The van der Waals surface area contributed by atoms with Crippen LogP contribution in [0.3, 0.4) is 0 Å². The van der Waals surface area contributed by atoms with E-state index in [9.17, 15) is 18.0 Å². The summed E-state index contributed by atoms with van der Waals surface area (Å²) in [4.78, 5) is 26.2. The number of sulfonamides is 1. The van der Waals surface area contributed by atoms with Gasteiger partial charge in [0.15, 0.2) is 0 Å². The fourth-order valence-corrected chi connectivity index (χ4v) is 4.83. The van der Waals surface area contributed by atoms with Crippen LogP contribution >= 0.6 is 0 Å². The number of carbonyl (C=O) groups is 2. The molecule has 2 amide bonds. The molecule has 1 fully saturated rings. The van der Waals surface area contributed by atoms with E-state index in [0.29, 0.717) is 37.4 Å². The van der Waals surface area contributed by atoms with Gasteiger partial charge in [-0.05, 0) is 48.2 Å². The Hall–Kier alpha value is -3.07. The predicted molar refractivity (Wildman–Crippen MR) is 127 cm³/mol. The summed E-state index contributed by atoms with van der Waals surface area (Å²) in [5, 5.41) is 2.92. The fourth-order valence-electron chi connectivity index (χ4n) is 3.86. The third-order valence-electron chi connectivity index (χ3n) is 5.65. The molecule has 8 nitrogen and oxygen atoms in total. The van der Waals surface area contributed by atoms with Crippen LogP contribution in [-0.2, 0) is 32.7 Å². The van der Waals surface area contributed by atoms with Gasteiger partial charge in [-0.2, -0.15) is 0 Å². The zero-order valence-corrected chi connectivity index (χ0v) is 19.9. The summed E-state index contributed by atoms with van der Waals surface area (Å²) >= 11 is 0. The molecule has 0 aliphatic carbocycles. The molecule has 1 heterocycles. The molecule has 3 rings (SSSR count). The molecule has 0 radical (unpaired) electrons. The van der Waals surface area contributed by atoms with E-state index in [0.717, 1.165) is 30.3 Å². The van der Waals surface area contributed by atoms with E-state index >= 15 is 0 Å². The van der Waals surface area contributed by atoms with Gasteiger partial charge >= 0.3 is 0 Å². The number of likely N-dealkylation sites (tertiary alicyclic amines) is 1. The molecule has 33 heavy (non-hydrogen) atoms. The Labute approximate surface area is 195 Å². The monoisotopic (exact) mass is 473 g/mol. The van der Waals surface area contributed by atoms with E-state index in [2.05, 4.69) is 5.32 Å². The van der Waals surface area contributed by atoms with Crippen molar-refractivity contribution in [3.8, 4) is 5.75 Å². The van der Waals surface area contributed by atoms with Crippen molar-refractivity contribution in [3.63, 3.8) is 0 Å². The first-order valence-corrected chi connectivity index (χ1v) is 12.9. The average molecular weight is 474 g/mol. The number of amides is 2. The molecule has 0 saturated carbocycles. The Morgan fingerprint density at radius 3 is 2.42 bits per heavy atom. The summed E-state index contributed by atoms with van der Waals surface area (Å²) in [6.07, 6.45) is 3.22. The first-order chi connectivity index (χ1) is 15.8. The van der Waals surface area contributed by atoms with Crippen molar-refractivity contribution in [1.82, 2.24) is 10.2 Å². The largest absolute Gasteiger partial charge is 0.497 e. The maximum atomic E-state index is 12.4. The zero-order valence-electron chi connectivity index (χ0n) is 19.1. The van der Waals surface area contributed by atoms with Gasteiger partial charge in [0.2, 0.25) is 21.8 Å². The average Bonchev–Trinajstić information content (AvgIpc) is 3.19. The van der Waals surface area contributed by atoms with Crippen LogP contribution in [-0.4, -0.2) is 51.6 Å². The Morgan fingerprint density at radius 1 is 1.12 bits per heavy atom. The number of benzene rings is 2. The normalized spacial score (nSPS) is 13.8. The number of nitrogens with one attached hydrogen (secondary N) is 1. The quantitative estimate of drug-likeness (QED) is 0.541. The number of hydrogen-bond acceptors (Lipinski definition) is 5. The minimum atomic E-state index is -3.48. The van der Waals surface area contributed by atoms with Gasteiger partial charge in [0.1, 0.15) is 5.75 Å². The summed E-state index contributed by atoms with van der Waals surface area (Å²) in [7, 11) is -1.94. The molecule has 1 N–H and O–H groups in total. The number of nitrogens with zero attached hydrogens (tertiary/aromatic N) is 2. The smallest absolute Gasteiger partial charge is 0.232 e. The van der Waals surface area contributed by atoms with Crippen molar-refractivity contribution in [1.29, 1.82) is 0 Å². The van der Waals surface area contributed by atoms with Crippen LogP contribution in [0, 0.1) is 0 Å². The number of anilines is 1. The lowest BCUT2D eigenvalue weighted by molar-refractivity contribution is -0.128. The van der Waals surface area contributed by atoms with Crippen molar-refractivity contribution < 1.29 is 22.7 Å². The lowest BCUT2D eigenvalue weighted by atomic mass is 10.1. The number of hydrogen-bond donors (Lipinski definition) is 1. The van der Waals surface area contributed by atoms with Crippen molar-refractivity contribution in [3.05, 3.63) is 59.7 Å². The van der Waals surface area contributed by atoms with Crippen LogP contribution in [0.25, 0.3) is 0 Å². The molecule has 1 aliphatic rings. The van der Waals surface area contributed by atoms with Gasteiger partial charge in [0.25, 0.3) is 0 Å². The molecule has 1 saturated heterocycles. The van der Waals surface area contributed by atoms with Crippen LogP contribution in [0.4, 0.5) is 5.69 Å². The van der Waals surface area contributed by atoms with Crippen LogP contribution in [0.15, 0.2) is 48.5 Å². The Kier molecular flexibility index (Phi) is 8.32. The summed E-state index contributed by atoms with van der Waals surface area (Å²) in [5.74, 6) is 0.660. The minimum absolute atomic E-state index is 0.148. The van der Waals surface area contributed by atoms with E-state index in [1.165, 1.54) is 4.31 Å². The highest BCUT2D eigenvalue weighted by Crippen LogP contribution is 2.22. The second-order valence-electron chi connectivity index (χ2n) is 8.10. The van der Waals surface area contributed by atoms with E-state index in [4.69, 9.17) is 4.74 Å². The highest BCUT2D eigenvalue weighted by atomic mass is 32.2. The lowest BCUT2D eigenvalue weighted by Gasteiger charge is -2.22. The number of rotatable bonds is 11. The van der Waals surface area contributed by atoms with Crippen LogP contribution in [0.5, 0.6) is 5.75 Å². The molecule has 2 aromatic carbocycles. The molecule has 0 bridgehead atoms. The standard InChI is InChI=1S/C24H31N3O5S/c1-32-22-13-11-21(12-14-22)27(33(2,30)31)16-5-9-23(28)25-17-19-7-3-4-8-20(19)18-26-15-6-10-24(26)29/h3-4,7-8,11-14H,5-6,9-10,15-18H2,1-2H3,(H,25,28). The van der Waals surface area contributed by atoms with Crippen molar-refractivity contribution in [2.75, 3.05) is 30.8 Å². The Morgan fingerprint density at radius 2 is 1.82 bits per heavy atom. The van der Waals surface area contributed by atoms with Crippen LogP contribution < -0.4 is 14.4 Å². The van der Waals surface area contributed by atoms with Gasteiger partial charge in [-0.25, -0.2) is 8.42 Å². The zero-order chi connectivity index (χ0) is 23.8. The second-order valence-corrected chi connectivity index (χ2v) is 10.0. The van der Waals surface area contributed by atoms with Crippen molar-refractivity contribution >= 4 is 27.5 Å². The molecular formula is C24H31N3O5S. The van der Waals surface area contributed by atoms with Crippen molar-refractivity contribution in [2.45, 2.75) is 38.8 Å². The van der Waals surface area contributed by atoms with E-state index in [1.54, 1.807) is 31.4 Å². The topological polar surface area (TPSA) is 96.0 Å². The molecule has 0 aromatic heterocycles. The number of methoxy groups -OCH3 is 1. The summed E-state index contributed by atoms with van der Waals surface area (Å²) in [6.45, 7) is 1.89. The van der Waals surface area contributed by atoms with E-state index in [1.807, 2.05) is 29.2 Å². The van der Waals surface area contributed by atoms with Gasteiger partial charge in [0, 0.05) is 39.0 Å². The third kappa shape index (κ3) is 6.95. The Bertz CT molecular complexity index is 1070. The summed E-state index contributed by atoms with van der Waals surface area (Å²) in [6, 6.07) is 14.5. The molecule has 0 unspecified atom stereocenters. The summed E-state index contributed by atoms with van der Waals surface area (Å²) in [5.41, 5.74) is 2.53. The first kappa shape index (κ1) is 24.6. The maximum Gasteiger partial charge on any atom is 0.232 e. The maximum absolute atomic E-state index is 12.4. The molecule has 2 aromatic rings. The lowest BCUT2D eigenvalue weighted by Crippen LogP contribution is -2.32. The van der Waals surface area contributed by atoms with Crippen molar-refractivity contribution in [2.24, 2.45) is 0 Å². The fraction of sp³-hybridized carbons (Fsp3) is 0.417. The first-order valence-electron chi connectivity index (χ1n) is 11.0. The highest BCUT2D eigenvalue weighted by molar-refractivity contribution is 7.92. The van der Waals surface area contributed by atoms with Gasteiger partial charge < -0.3 is 15.0 Å². The van der Waals surface area contributed by atoms with Gasteiger partial charge in [-0.3, -0.25) is 13.9 Å². The van der Waals surface area contributed by atoms with Crippen LogP contribution in [0.1, 0.15) is 36.8 Å². The number of ether oxygens (including phenoxy) is 1. The Balaban J connectivity index is 1.52. The summed E-state index contributed by atoms with van der Waals surface area (Å²) < 4.78 is 30.9. The third-order valence-corrected chi connectivity index (χ3v) is 6.85. The predicted octanol–water partition coefficient (Wildman–Crippen LogP) is 2.68. The van der Waals surface area contributed by atoms with E-state index in [-0.39, 0.29) is 24.8 Å². The number of carbonyl (C=O) groups excluding carboxylic acids is 2.